The van der Waals surface area contributed by atoms with E-state index in [0.717, 1.165) is 36.5 Å². The molecule has 35 heavy (non-hydrogen) atoms. The summed E-state index contributed by atoms with van der Waals surface area (Å²) < 4.78 is 57.9. The van der Waals surface area contributed by atoms with E-state index in [2.05, 4.69) is 26.9 Å². The van der Waals surface area contributed by atoms with E-state index in [1.807, 2.05) is 25.1 Å². The van der Waals surface area contributed by atoms with Gasteiger partial charge in [-0.05, 0) is 67.5 Å². The highest BCUT2D eigenvalue weighted by molar-refractivity contribution is 7.92. The number of hydrogen-bond acceptors (Lipinski definition) is 4. The van der Waals surface area contributed by atoms with Crippen LogP contribution in [0, 0.1) is 11.8 Å². The first-order chi connectivity index (χ1) is 16.8. The normalized spacial score (nSPS) is 15.1. The number of hydrogen-bond donors (Lipinski definition) is 1. The Labute approximate surface area is 202 Å². The van der Waals surface area contributed by atoms with Gasteiger partial charge in [-0.1, -0.05) is 36.4 Å². The predicted molar refractivity (Wildman–Crippen MR) is 131 cm³/mol. The lowest BCUT2D eigenvalue weighted by Gasteiger charge is -2.21. The zero-order chi connectivity index (χ0) is 24.6. The van der Waals surface area contributed by atoms with E-state index in [0.29, 0.717) is 10.9 Å². The maximum Gasteiger partial charge on any atom is 0.265 e. The van der Waals surface area contributed by atoms with Crippen molar-refractivity contribution in [1.29, 1.82) is 0 Å². The third-order valence-electron chi connectivity index (χ3n) is 6.31. The van der Waals surface area contributed by atoms with E-state index in [9.17, 15) is 12.8 Å². The summed E-state index contributed by atoms with van der Waals surface area (Å²) in [5.41, 5.74) is 4.02. The molecule has 0 unspecified atom stereocenters. The van der Waals surface area contributed by atoms with Gasteiger partial charge < -0.3 is 0 Å². The van der Waals surface area contributed by atoms with Crippen molar-refractivity contribution >= 4 is 32.3 Å². The molecule has 0 aliphatic heterocycles. The summed E-state index contributed by atoms with van der Waals surface area (Å²) in [6.07, 6.45) is 8.23. The molecule has 0 bridgehead atoms. The maximum atomic E-state index is 15.1. The van der Waals surface area contributed by atoms with Crippen molar-refractivity contribution < 1.29 is 17.2 Å². The van der Waals surface area contributed by atoms with Gasteiger partial charge in [0.1, 0.15) is 16.5 Å². The van der Waals surface area contributed by atoms with Crippen LogP contribution in [-0.4, -0.2) is 23.2 Å². The molecule has 1 aliphatic carbocycles. The molecule has 5 rings (SSSR count). The van der Waals surface area contributed by atoms with E-state index in [4.69, 9.17) is 0 Å². The van der Waals surface area contributed by atoms with Crippen LogP contribution in [0.5, 0.6) is 0 Å². The Kier molecular flexibility index (Phi) is 6.10. The molecule has 1 N–H and O–H groups in total. The second-order valence-electron chi connectivity index (χ2n) is 8.62. The second-order valence-corrected chi connectivity index (χ2v) is 10.3. The number of anilines is 1. The van der Waals surface area contributed by atoms with Crippen molar-refractivity contribution in [3.05, 3.63) is 89.8 Å². The SMILES string of the molecule is C[C@H](c1ccccc1C1=CCCCC1)n1ncc2cc(S(=O)(=O)Nc3cccc(F)n3)c(F)cc21. The van der Waals surface area contributed by atoms with Crippen molar-refractivity contribution in [3.8, 4) is 0 Å². The lowest BCUT2D eigenvalue weighted by molar-refractivity contribution is 0.564. The molecule has 1 aliphatic rings. The Bertz CT molecular complexity index is 1550. The summed E-state index contributed by atoms with van der Waals surface area (Å²) in [6, 6.07) is 14.0. The molecule has 9 heteroatoms. The quantitative estimate of drug-likeness (QED) is 0.330. The van der Waals surface area contributed by atoms with E-state index in [1.54, 1.807) is 4.68 Å². The number of allylic oxidation sites excluding steroid dienone is 2. The minimum atomic E-state index is -4.34. The standard InChI is InChI=1S/C26H24F2N4O2S/c1-17(20-10-5-6-11-21(20)18-8-3-2-4-9-18)32-23-15-22(27)24(14-19(23)16-29-32)35(33,34)31-26-13-7-12-25(28)30-26/h5-8,10-17H,2-4,9H2,1H3,(H,30,31)/t17-/m1/s1. The number of aromatic nitrogens is 3. The number of sulfonamides is 1. The van der Waals surface area contributed by atoms with Gasteiger partial charge in [0.25, 0.3) is 10.0 Å². The van der Waals surface area contributed by atoms with Crippen LogP contribution in [0.1, 0.15) is 49.8 Å². The average Bonchev–Trinajstić information content (AvgIpc) is 3.26. The van der Waals surface area contributed by atoms with Crippen molar-refractivity contribution in [2.24, 2.45) is 0 Å². The van der Waals surface area contributed by atoms with Gasteiger partial charge in [0.05, 0.1) is 17.8 Å². The Morgan fingerprint density at radius 2 is 1.89 bits per heavy atom. The molecule has 4 aromatic rings. The van der Waals surface area contributed by atoms with Gasteiger partial charge in [0.15, 0.2) is 0 Å². The van der Waals surface area contributed by atoms with Gasteiger partial charge in [-0.15, -0.1) is 0 Å². The summed E-state index contributed by atoms with van der Waals surface area (Å²) in [5, 5.41) is 4.94. The van der Waals surface area contributed by atoms with Crippen molar-refractivity contribution in [2.45, 2.75) is 43.5 Å². The lowest BCUT2D eigenvalue weighted by Crippen LogP contribution is -2.16. The van der Waals surface area contributed by atoms with Crippen LogP contribution < -0.4 is 4.72 Å². The molecule has 180 valence electrons. The summed E-state index contributed by atoms with van der Waals surface area (Å²) in [4.78, 5) is 2.92. The Balaban J connectivity index is 1.52. The summed E-state index contributed by atoms with van der Waals surface area (Å²) in [7, 11) is -4.34. The van der Waals surface area contributed by atoms with Crippen LogP contribution in [-0.2, 0) is 10.0 Å². The van der Waals surface area contributed by atoms with Crippen molar-refractivity contribution in [3.63, 3.8) is 0 Å². The molecule has 0 amide bonds. The van der Waals surface area contributed by atoms with E-state index < -0.39 is 26.7 Å². The molecule has 2 heterocycles. The fourth-order valence-electron chi connectivity index (χ4n) is 4.59. The molecular formula is C26H24F2N4O2S. The molecule has 0 fully saturated rings. The number of benzene rings is 2. The Morgan fingerprint density at radius 1 is 1.06 bits per heavy atom. The summed E-state index contributed by atoms with van der Waals surface area (Å²) >= 11 is 0. The zero-order valence-corrected chi connectivity index (χ0v) is 19.9. The lowest BCUT2D eigenvalue weighted by atomic mass is 9.89. The van der Waals surface area contributed by atoms with Gasteiger partial charge in [-0.2, -0.15) is 9.49 Å². The Morgan fingerprint density at radius 3 is 2.66 bits per heavy atom. The maximum absolute atomic E-state index is 15.1. The number of rotatable bonds is 6. The molecular weight excluding hydrogens is 470 g/mol. The predicted octanol–water partition coefficient (Wildman–Crippen LogP) is 6.08. The smallest absolute Gasteiger partial charge is 0.263 e. The molecule has 0 saturated carbocycles. The van der Waals surface area contributed by atoms with Crippen LogP contribution in [0.4, 0.5) is 14.6 Å². The molecule has 0 radical (unpaired) electrons. The third-order valence-corrected chi connectivity index (χ3v) is 7.68. The number of fused-ring (bicyclic) bond motifs is 1. The fourth-order valence-corrected chi connectivity index (χ4v) is 5.68. The molecule has 0 spiro atoms. The van der Waals surface area contributed by atoms with Gasteiger partial charge in [0, 0.05) is 11.5 Å². The molecule has 0 saturated heterocycles. The van der Waals surface area contributed by atoms with Crippen molar-refractivity contribution in [1.82, 2.24) is 14.8 Å². The van der Waals surface area contributed by atoms with Gasteiger partial charge in [0.2, 0.25) is 5.95 Å². The Hall–Kier alpha value is -3.59. The number of nitrogens with one attached hydrogen (secondary N) is 1. The minimum absolute atomic E-state index is 0.206. The highest BCUT2D eigenvalue weighted by Crippen LogP contribution is 2.34. The van der Waals surface area contributed by atoms with E-state index in [1.165, 1.54) is 42.5 Å². The van der Waals surface area contributed by atoms with Crippen molar-refractivity contribution in [2.75, 3.05) is 4.72 Å². The van der Waals surface area contributed by atoms with Gasteiger partial charge in [-0.3, -0.25) is 9.40 Å². The van der Waals surface area contributed by atoms with Crippen LogP contribution in [0.2, 0.25) is 0 Å². The minimum Gasteiger partial charge on any atom is -0.263 e. The zero-order valence-electron chi connectivity index (χ0n) is 19.1. The third kappa shape index (κ3) is 4.55. The monoisotopic (exact) mass is 494 g/mol. The van der Waals surface area contributed by atoms with Crippen LogP contribution in [0.15, 0.2) is 71.8 Å². The van der Waals surface area contributed by atoms with E-state index >= 15 is 4.39 Å². The first-order valence-corrected chi connectivity index (χ1v) is 12.9. The van der Waals surface area contributed by atoms with Gasteiger partial charge in [-0.25, -0.2) is 17.8 Å². The summed E-state index contributed by atoms with van der Waals surface area (Å²) in [6.45, 7) is 1.99. The fraction of sp³-hybridized carbons (Fsp3) is 0.231. The topological polar surface area (TPSA) is 76.9 Å². The first-order valence-electron chi connectivity index (χ1n) is 11.4. The number of halogens is 2. The molecule has 6 nitrogen and oxygen atoms in total. The average molecular weight is 495 g/mol. The second kappa shape index (κ2) is 9.22. The number of nitrogens with zero attached hydrogens (tertiary/aromatic N) is 3. The van der Waals surface area contributed by atoms with Gasteiger partial charge >= 0.3 is 0 Å². The van der Waals surface area contributed by atoms with Crippen LogP contribution in [0.3, 0.4) is 0 Å². The molecule has 1 atom stereocenters. The molecule has 2 aromatic heterocycles. The highest BCUT2D eigenvalue weighted by atomic mass is 32.2. The molecule has 2 aromatic carbocycles. The number of pyridine rings is 1. The van der Waals surface area contributed by atoms with Crippen LogP contribution in [0.25, 0.3) is 16.5 Å². The summed E-state index contributed by atoms with van der Waals surface area (Å²) in [5.74, 6) is -2.01. The van der Waals surface area contributed by atoms with Crippen LogP contribution >= 0.6 is 0 Å². The first kappa shape index (κ1) is 23.2. The largest absolute Gasteiger partial charge is 0.265 e. The highest BCUT2D eigenvalue weighted by Gasteiger charge is 2.24. The van der Waals surface area contributed by atoms with E-state index in [-0.39, 0.29) is 11.9 Å².